The maximum atomic E-state index is 11.9. The van der Waals surface area contributed by atoms with Crippen molar-refractivity contribution in [1.82, 2.24) is 10.3 Å². The van der Waals surface area contributed by atoms with Crippen molar-refractivity contribution in [2.24, 2.45) is 5.92 Å². The van der Waals surface area contributed by atoms with Crippen LogP contribution in [0.2, 0.25) is 0 Å². The third-order valence-corrected chi connectivity index (χ3v) is 4.21. The van der Waals surface area contributed by atoms with Crippen LogP contribution in [0.1, 0.15) is 31.2 Å². The number of hydrogen-bond acceptors (Lipinski definition) is 2. The number of H-pyrrole nitrogens is 1. The highest BCUT2D eigenvalue weighted by molar-refractivity contribution is 5.86. The number of carbonyl (C=O) groups excluding carboxylic acids is 1. The van der Waals surface area contributed by atoms with Gasteiger partial charge in [-0.1, -0.05) is 31.0 Å². The van der Waals surface area contributed by atoms with Crippen LogP contribution in [0.5, 0.6) is 0 Å². The van der Waals surface area contributed by atoms with Crippen LogP contribution in [0.15, 0.2) is 30.5 Å². The van der Waals surface area contributed by atoms with E-state index in [-0.39, 0.29) is 12.3 Å². The molecular formula is C17H20N2O3. The molecule has 5 nitrogen and oxygen atoms in total. The molecule has 1 aliphatic rings. The van der Waals surface area contributed by atoms with E-state index >= 15 is 0 Å². The zero-order valence-electron chi connectivity index (χ0n) is 12.3. The normalized spacial score (nSPS) is 15.6. The second-order valence-corrected chi connectivity index (χ2v) is 6.00. The number of hydrogen-bond donors (Lipinski definition) is 3. The molecule has 1 fully saturated rings. The number of carboxylic acids is 1. The topological polar surface area (TPSA) is 82.2 Å². The SMILES string of the molecule is O=C(CCC1CC1)NC(Cc1c[nH]c2ccccc12)C(=O)O. The summed E-state index contributed by atoms with van der Waals surface area (Å²) >= 11 is 0. The minimum absolute atomic E-state index is 0.167. The van der Waals surface area contributed by atoms with Crippen LogP contribution in [0.25, 0.3) is 10.9 Å². The quantitative estimate of drug-likeness (QED) is 0.734. The summed E-state index contributed by atoms with van der Waals surface area (Å²) in [6.07, 6.45) is 5.79. The van der Waals surface area contributed by atoms with Crippen molar-refractivity contribution in [2.75, 3.05) is 0 Å². The zero-order valence-corrected chi connectivity index (χ0v) is 12.3. The number of rotatable bonds is 7. The Labute approximate surface area is 128 Å². The van der Waals surface area contributed by atoms with Crippen LogP contribution in [-0.4, -0.2) is 28.0 Å². The van der Waals surface area contributed by atoms with Crippen molar-refractivity contribution < 1.29 is 14.7 Å². The number of carboxylic acid groups (broad SMARTS) is 1. The highest BCUT2D eigenvalue weighted by atomic mass is 16.4. The predicted molar refractivity (Wildman–Crippen MR) is 83.5 cm³/mol. The maximum Gasteiger partial charge on any atom is 0.326 e. The lowest BCUT2D eigenvalue weighted by atomic mass is 10.0. The average Bonchev–Trinajstić information content (AvgIpc) is 3.25. The first-order valence-corrected chi connectivity index (χ1v) is 7.70. The minimum Gasteiger partial charge on any atom is -0.480 e. The fourth-order valence-electron chi connectivity index (χ4n) is 2.73. The molecule has 3 rings (SSSR count). The molecular weight excluding hydrogens is 280 g/mol. The van der Waals surface area contributed by atoms with E-state index in [1.165, 1.54) is 12.8 Å². The predicted octanol–water partition coefficient (Wildman–Crippen LogP) is 2.47. The smallest absolute Gasteiger partial charge is 0.326 e. The van der Waals surface area contributed by atoms with Gasteiger partial charge in [0.1, 0.15) is 6.04 Å². The Kier molecular flexibility index (Phi) is 4.13. The van der Waals surface area contributed by atoms with Gasteiger partial charge in [-0.15, -0.1) is 0 Å². The van der Waals surface area contributed by atoms with E-state index in [1.807, 2.05) is 30.5 Å². The van der Waals surface area contributed by atoms with Crippen molar-refractivity contribution in [2.45, 2.75) is 38.1 Å². The lowest BCUT2D eigenvalue weighted by Crippen LogP contribution is -2.42. The molecule has 5 heteroatoms. The lowest BCUT2D eigenvalue weighted by molar-refractivity contribution is -0.141. The minimum atomic E-state index is -0.995. The summed E-state index contributed by atoms with van der Waals surface area (Å²) in [7, 11) is 0. The summed E-state index contributed by atoms with van der Waals surface area (Å²) in [5.41, 5.74) is 1.88. The van der Waals surface area contributed by atoms with Crippen LogP contribution < -0.4 is 5.32 Å². The van der Waals surface area contributed by atoms with Crippen LogP contribution >= 0.6 is 0 Å². The van der Waals surface area contributed by atoms with Crippen molar-refractivity contribution >= 4 is 22.8 Å². The van der Waals surface area contributed by atoms with Crippen molar-refractivity contribution in [3.05, 3.63) is 36.0 Å². The third kappa shape index (κ3) is 3.47. The Morgan fingerprint density at radius 3 is 2.82 bits per heavy atom. The second-order valence-electron chi connectivity index (χ2n) is 6.00. The van der Waals surface area contributed by atoms with Gasteiger partial charge in [-0.05, 0) is 24.0 Å². The molecule has 3 N–H and O–H groups in total. The largest absolute Gasteiger partial charge is 0.480 e. The summed E-state index contributed by atoms with van der Waals surface area (Å²) in [6.45, 7) is 0. The standard InChI is InChI=1S/C17H20N2O3/c20-16(8-7-11-5-6-11)19-15(17(21)22)9-12-10-18-14-4-2-1-3-13(12)14/h1-4,10-11,15,18H,5-9H2,(H,19,20)(H,21,22). The highest BCUT2D eigenvalue weighted by Gasteiger charge is 2.25. The van der Waals surface area contributed by atoms with Gasteiger partial charge >= 0.3 is 5.97 Å². The summed E-state index contributed by atoms with van der Waals surface area (Å²) in [6, 6.07) is 6.87. The molecule has 2 aromatic rings. The maximum absolute atomic E-state index is 11.9. The molecule has 0 bridgehead atoms. The number of carbonyl (C=O) groups is 2. The summed E-state index contributed by atoms with van der Waals surface area (Å²) in [5, 5.41) is 13.0. The summed E-state index contributed by atoms with van der Waals surface area (Å²) < 4.78 is 0. The van der Waals surface area contributed by atoms with E-state index in [1.54, 1.807) is 0 Å². The van der Waals surface area contributed by atoms with E-state index in [9.17, 15) is 14.7 Å². The number of para-hydroxylation sites is 1. The summed E-state index contributed by atoms with van der Waals surface area (Å²) in [4.78, 5) is 26.5. The van der Waals surface area contributed by atoms with E-state index in [0.29, 0.717) is 12.3 Å². The van der Waals surface area contributed by atoms with Crippen LogP contribution in [0, 0.1) is 5.92 Å². The van der Waals surface area contributed by atoms with Crippen LogP contribution in [0.4, 0.5) is 0 Å². The van der Waals surface area contributed by atoms with E-state index < -0.39 is 12.0 Å². The number of aromatic amines is 1. The first kappa shape index (κ1) is 14.6. The van der Waals surface area contributed by atoms with Crippen molar-refractivity contribution in [3.8, 4) is 0 Å². The molecule has 1 heterocycles. The number of aromatic nitrogens is 1. The van der Waals surface area contributed by atoms with Gasteiger partial charge in [0.15, 0.2) is 0 Å². The van der Waals surface area contributed by atoms with Gasteiger partial charge in [0.25, 0.3) is 0 Å². The lowest BCUT2D eigenvalue weighted by Gasteiger charge is -2.14. The molecule has 1 atom stereocenters. The number of amides is 1. The Balaban J connectivity index is 1.65. The second kappa shape index (κ2) is 6.22. The zero-order chi connectivity index (χ0) is 15.5. The van der Waals surface area contributed by atoms with Gasteiger partial charge in [-0.2, -0.15) is 0 Å². The molecule has 1 saturated carbocycles. The first-order chi connectivity index (χ1) is 10.6. The van der Waals surface area contributed by atoms with E-state index in [2.05, 4.69) is 10.3 Å². The first-order valence-electron chi connectivity index (χ1n) is 7.70. The monoisotopic (exact) mass is 300 g/mol. The number of benzene rings is 1. The van der Waals surface area contributed by atoms with Gasteiger partial charge in [0.05, 0.1) is 0 Å². The number of fused-ring (bicyclic) bond motifs is 1. The van der Waals surface area contributed by atoms with Gasteiger partial charge < -0.3 is 15.4 Å². The van der Waals surface area contributed by atoms with Crippen molar-refractivity contribution in [3.63, 3.8) is 0 Å². The molecule has 116 valence electrons. The third-order valence-electron chi connectivity index (χ3n) is 4.21. The van der Waals surface area contributed by atoms with Gasteiger partial charge in [0.2, 0.25) is 5.91 Å². The molecule has 0 spiro atoms. The van der Waals surface area contributed by atoms with Gasteiger partial charge in [-0.3, -0.25) is 4.79 Å². The molecule has 1 aliphatic carbocycles. The van der Waals surface area contributed by atoms with Crippen molar-refractivity contribution in [1.29, 1.82) is 0 Å². The Bertz CT molecular complexity index is 688. The molecule has 1 aromatic heterocycles. The Morgan fingerprint density at radius 2 is 2.09 bits per heavy atom. The highest BCUT2D eigenvalue weighted by Crippen LogP contribution is 2.33. The molecule has 1 unspecified atom stereocenters. The molecule has 1 amide bonds. The van der Waals surface area contributed by atoms with Gasteiger partial charge in [-0.25, -0.2) is 4.79 Å². The molecule has 0 saturated heterocycles. The number of nitrogens with one attached hydrogen (secondary N) is 2. The molecule has 22 heavy (non-hydrogen) atoms. The fraction of sp³-hybridized carbons (Fsp3) is 0.412. The molecule has 0 radical (unpaired) electrons. The van der Waals surface area contributed by atoms with Crippen LogP contribution in [-0.2, 0) is 16.0 Å². The average molecular weight is 300 g/mol. The molecule has 1 aromatic carbocycles. The van der Waals surface area contributed by atoms with E-state index in [4.69, 9.17) is 0 Å². The van der Waals surface area contributed by atoms with E-state index in [0.717, 1.165) is 22.9 Å². The molecule has 0 aliphatic heterocycles. The fourth-order valence-corrected chi connectivity index (χ4v) is 2.73. The van der Waals surface area contributed by atoms with Crippen LogP contribution in [0.3, 0.4) is 0 Å². The Hall–Kier alpha value is -2.30. The Morgan fingerprint density at radius 1 is 1.32 bits per heavy atom. The number of aliphatic carboxylic acids is 1. The summed E-state index contributed by atoms with van der Waals surface area (Å²) in [5.74, 6) is -0.494. The van der Waals surface area contributed by atoms with Gasteiger partial charge in [0, 0.05) is 29.9 Å².